The Kier molecular flexibility index (Phi) is 22.3. The first kappa shape index (κ1) is 65.1. The number of benzene rings is 2. The lowest BCUT2D eigenvalue weighted by Crippen LogP contribution is -2.53. The van der Waals surface area contributed by atoms with Gasteiger partial charge in [-0.25, -0.2) is 18.8 Å². The number of rotatable bonds is 21. The molecule has 4 heterocycles. The number of hydroxylamine groups is 2. The number of methoxy groups -OCH3 is 1. The standard InChI is InChI=1S/C59H76ClFN6O16/c1-32(2)39(28-38(68)14-9-10-17-51(73)83-67-48(70)20-21-49(67)71)55(75)64-42(15-12-22-63-56(62)76)44(69)27-36-18-19-41(40(61)25-36)65-57(77)81-47-29-50(72)66(7)43-26-37(24-34(4)53(43)60)23-33(3)13-11-16-46(79-8)59(78)30-45(80-52(74)31-59)35(5)54-58(47,6)82-54/h11,13,16,18-19,24-26,32,35,39,42,45-47,54,78H,9-10,12,14-15,17,20-23,27-31H2,1-8H3,(H,64,75)(H,65,77)(H3,62,63,76)/b16-11+,33-13+/t35-,39+,42+,45+,46-,47+,54+,58+,59-/m1/s1. The highest BCUT2D eigenvalue weighted by atomic mass is 35.5. The molecule has 22 nitrogen and oxygen atoms in total. The van der Waals surface area contributed by atoms with Gasteiger partial charge in [-0.05, 0) is 93.7 Å². The molecular weight excluding hydrogens is 1100 g/mol. The van der Waals surface area contributed by atoms with E-state index in [9.17, 15) is 53.1 Å². The van der Waals surface area contributed by atoms with Crippen molar-refractivity contribution in [3.05, 3.63) is 81.7 Å². The molecule has 9 atom stereocenters. The van der Waals surface area contributed by atoms with E-state index in [0.29, 0.717) is 27.8 Å². The third kappa shape index (κ3) is 17.3. The van der Waals surface area contributed by atoms with Gasteiger partial charge in [0.25, 0.3) is 11.8 Å². The number of carbonyl (C=O) groups is 10. The number of ether oxygens (including phenoxy) is 4. The van der Waals surface area contributed by atoms with E-state index in [1.54, 1.807) is 45.9 Å². The monoisotopic (exact) mass is 1180 g/mol. The minimum atomic E-state index is -1.67. The Bertz CT molecular complexity index is 2880. The summed E-state index contributed by atoms with van der Waals surface area (Å²) in [7, 11) is 2.97. The maximum absolute atomic E-state index is 16.1. The van der Waals surface area contributed by atoms with E-state index in [2.05, 4.69) is 16.0 Å². The number of hydrogen-bond acceptors (Lipinski definition) is 16. The third-order valence-corrected chi connectivity index (χ3v) is 16.1. The molecule has 0 aliphatic carbocycles. The number of unbranched alkanes of at least 4 members (excludes halogenated alkanes) is 1. The molecule has 7 amide bonds. The van der Waals surface area contributed by atoms with Crippen molar-refractivity contribution in [3.63, 3.8) is 0 Å². The molecule has 0 spiro atoms. The lowest BCUT2D eigenvalue weighted by Gasteiger charge is -2.41. The summed E-state index contributed by atoms with van der Waals surface area (Å²) in [6, 6.07) is 5.36. The Morgan fingerprint density at radius 3 is 2.35 bits per heavy atom. The second-order valence-electron chi connectivity index (χ2n) is 22.5. The summed E-state index contributed by atoms with van der Waals surface area (Å²) in [5.74, 6) is -7.43. The Balaban J connectivity index is 1.14. The molecule has 0 unspecified atom stereocenters. The zero-order valence-electron chi connectivity index (χ0n) is 48.1. The van der Waals surface area contributed by atoms with Gasteiger partial charge in [0.2, 0.25) is 11.8 Å². The molecule has 0 saturated carbocycles. The van der Waals surface area contributed by atoms with Crippen LogP contribution in [0.25, 0.3) is 0 Å². The fraction of sp³-hybridized carbons (Fsp3) is 0.559. The van der Waals surface area contributed by atoms with Crippen LogP contribution < -0.4 is 26.6 Å². The Hall–Kier alpha value is -7.08. The maximum atomic E-state index is 16.1. The van der Waals surface area contributed by atoms with Crippen LogP contribution in [0.5, 0.6) is 0 Å². The fourth-order valence-corrected chi connectivity index (χ4v) is 11.0. The van der Waals surface area contributed by atoms with Crippen LogP contribution in [0.4, 0.5) is 25.4 Å². The summed E-state index contributed by atoms with van der Waals surface area (Å²) in [6.45, 7) is 10.6. The number of carbonyl (C=O) groups excluding carboxylic acids is 10. The topological polar surface area (TPSA) is 309 Å². The highest BCUT2D eigenvalue weighted by molar-refractivity contribution is 6.34. The Morgan fingerprint density at radius 1 is 0.988 bits per heavy atom. The number of anilines is 2. The number of epoxide rings is 1. The smallest absolute Gasteiger partial charge is 0.412 e. The first-order valence-corrected chi connectivity index (χ1v) is 28.2. The van der Waals surface area contributed by atoms with Crippen LogP contribution in [0.2, 0.25) is 5.02 Å². The average Bonchev–Trinajstić information content (AvgIpc) is 1.92. The van der Waals surface area contributed by atoms with Gasteiger partial charge in [-0.3, -0.25) is 38.9 Å². The number of nitrogens with one attached hydrogen (secondary N) is 3. The van der Waals surface area contributed by atoms with Crippen molar-refractivity contribution in [2.45, 2.75) is 173 Å². The predicted molar refractivity (Wildman–Crippen MR) is 299 cm³/mol. The minimum Gasteiger partial charge on any atom is -0.462 e. The van der Waals surface area contributed by atoms with Crippen LogP contribution >= 0.6 is 11.6 Å². The number of nitrogens with two attached hydrogens (primary N) is 1. The van der Waals surface area contributed by atoms with E-state index in [-0.39, 0.29) is 100 Å². The molecule has 83 heavy (non-hydrogen) atoms. The number of allylic oxidation sites excluding steroid dienone is 3. The molecule has 2 aromatic rings. The number of ketones is 2. The molecule has 4 bridgehead atoms. The molecule has 452 valence electrons. The molecule has 6 N–H and O–H groups in total. The van der Waals surface area contributed by atoms with Gasteiger partial charge in [-0.15, -0.1) is 5.06 Å². The van der Waals surface area contributed by atoms with Crippen LogP contribution in [-0.2, 0) is 75.0 Å². The number of esters is 1. The second-order valence-corrected chi connectivity index (χ2v) is 22.9. The van der Waals surface area contributed by atoms with Gasteiger partial charge in [-0.1, -0.05) is 68.3 Å². The number of aryl methyl sites for hydroxylation is 1. The lowest BCUT2D eigenvalue weighted by molar-refractivity contribution is -0.197. The van der Waals surface area contributed by atoms with Crippen LogP contribution in [0.3, 0.4) is 0 Å². The predicted octanol–water partition coefficient (Wildman–Crippen LogP) is 6.51. The van der Waals surface area contributed by atoms with Crippen LogP contribution in [0.1, 0.15) is 128 Å². The van der Waals surface area contributed by atoms with Gasteiger partial charge < -0.3 is 50.2 Å². The quantitative estimate of drug-likeness (QED) is 0.0385. The van der Waals surface area contributed by atoms with Gasteiger partial charge in [-0.2, -0.15) is 0 Å². The first-order chi connectivity index (χ1) is 39.1. The van der Waals surface area contributed by atoms with Crippen molar-refractivity contribution in [3.8, 4) is 0 Å². The van der Waals surface area contributed by atoms with Crippen molar-refractivity contribution in [1.82, 2.24) is 15.7 Å². The number of fused-ring (bicyclic) bond motifs is 5. The van der Waals surface area contributed by atoms with Crippen LogP contribution in [-0.4, -0.2) is 132 Å². The molecule has 3 fully saturated rings. The highest BCUT2D eigenvalue weighted by Crippen LogP contribution is 2.50. The Labute approximate surface area is 486 Å². The number of Topliss-reactive ketones (excluding diaryl/α,β-unsaturated/α-hetero) is 2. The number of primary amides is 1. The van der Waals surface area contributed by atoms with Gasteiger partial charge >= 0.3 is 24.1 Å². The molecule has 3 saturated heterocycles. The number of imide groups is 1. The van der Waals surface area contributed by atoms with E-state index >= 15 is 4.39 Å². The molecule has 0 aromatic heterocycles. The average molecular weight is 1180 g/mol. The molecule has 2 aromatic carbocycles. The number of aliphatic hydroxyl groups is 1. The maximum Gasteiger partial charge on any atom is 0.412 e. The second kappa shape index (κ2) is 28.5. The van der Waals surface area contributed by atoms with Crippen molar-refractivity contribution in [2.24, 2.45) is 23.5 Å². The minimum absolute atomic E-state index is 0.0107. The van der Waals surface area contributed by atoms with Gasteiger partial charge in [0.1, 0.15) is 41.1 Å². The van der Waals surface area contributed by atoms with Gasteiger partial charge in [0.15, 0.2) is 5.78 Å². The van der Waals surface area contributed by atoms with Crippen molar-refractivity contribution in [2.75, 3.05) is 30.9 Å². The van der Waals surface area contributed by atoms with E-state index in [4.69, 9.17) is 41.1 Å². The summed E-state index contributed by atoms with van der Waals surface area (Å²) in [5.41, 5.74) is 4.86. The number of hydrogen-bond donors (Lipinski definition) is 5. The zero-order valence-corrected chi connectivity index (χ0v) is 48.9. The molecule has 0 radical (unpaired) electrons. The number of nitrogens with zero attached hydrogens (tertiary/aromatic N) is 2. The van der Waals surface area contributed by atoms with Crippen molar-refractivity contribution < 1.29 is 81.2 Å². The molecule has 4 aliphatic heterocycles. The fourth-order valence-electron chi connectivity index (χ4n) is 10.7. The Morgan fingerprint density at radius 2 is 1.69 bits per heavy atom. The van der Waals surface area contributed by atoms with Crippen LogP contribution in [0.15, 0.2) is 54.1 Å². The van der Waals surface area contributed by atoms with E-state index in [1.165, 1.54) is 31.2 Å². The zero-order chi connectivity index (χ0) is 61.1. The summed E-state index contributed by atoms with van der Waals surface area (Å²) in [5, 5.41) is 20.3. The normalized spacial score (nSPS) is 25.5. The van der Waals surface area contributed by atoms with Crippen LogP contribution in [0, 0.1) is 30.5 Å². The number of amides is 7. The first-order valence-electron chi connectivity index (χ1n) is 27.9. The SMILES string of the molecule is CO[C@@H]1/C=C/C=C(\C)Cc2cc(C)c(Cl)c(c2)N(C)C(=O)C[C@H](OC(=O)Nc2ccc(CC(=O)[C@H](CCCNC(N)=O)NC(=O)[C@@H](CC(=O)CCCCC(=O)ON3C(=O)CCC3=O)C(C)C)cc2F)[C@]2(C)O[C@H]2[C@H](C)[C@@H]2C[C@@]1(O)CC(=O)O2. The van der Waals surface area contributed by atoms with E-state index < -0.39 is 126 Å². The molecule has 6 rings (SSSR count). The number of urea groups is 1. The molecular formula is C59H76ClFN6O16. The summed E-state index contributed by atoms with van der Waals surface area (Å²) in [4.78, 5) is 136. The van der Waals surface area contributed by atoms with Gasteiger partial charge in [0.05, 0.1) is 41.4 Å². The summed E-state index contributed by atoms with van der Waals surface area (Å²) in [6.07, 6.45) is -0.279. The van der Waals surface area contributed by atoms with Gasteiger partial charge in [0, 0.05) is 77.5 Å². The van der Waals surface area contributed by atoms with E-state index in [1.807, 2.05) is 26.0 Å². The van der Waals surface area contributed by atoms with Crippen molar-refractivity contribution >= 4 is 82.2 Å². The molecule has 24 heteroatoms. The van der Waals surface area contributed by atoms with E-state index in [0.717, 1.165) is 17.2 Å². The number of halogens is 2. The summed E-state index contributed by atoms with van der Waals surface area (Å²) >= 11 is 6.82. The lowest BCUT2D eigenvalue weighted by atomic mass is 9.78. The highest BCUT2D eigenvalue weighted by Gasteiger charge is 2.64. The molecule has 4 aliphatic rings. The third-order valence-electron chi connectivity index (χ3n) is 15.6. The largest absolute Gasteiger partial charge is 0.462 e. The summed E-state index contributed by atoms with van der Waals surface area (Å²) < 4.78 is 39.8. The van der Waals surface area contributed by atoms with Crippen molar-refractivity contribution in [1.29, 1.82) is 0 Å².